The molecule has 0 atom stereocenters. The smallest absolute Gasteiger partial charge is 0.378 e. The zero-order chi connectivity index (χ0) is 14.0. The second-order valence-corrected chi connectivity index (χ2v) is 4.35. The fraction of sp³-hybridized carbons (Fsp3) is 0.308. The van der Waals surface area contributed by atoms with Gasteiger partial charge in [-0.05, 0) is 24.6 Å². The van der Waals surface area contributed by atoms with Crippen molar-refractivity contribution in [2.45, 2.75) is 19.6 Å². The predicted octanol–water partition coefficient (Wildman–Crippen LogP) is 3.36. The number of nitrogens with one attached hydrogen (secondary N) is 1. The standard InChI is InChI=1S/C13H14F3N3/c1-9-12(8-19(2)18-9)17-7-10-4-3-5-11(6-10)13(14,15)16/h3-6,8,17H,7H2,1-2H3. The molecule has 0 unspecified atom stereocenters. The highest BCUT2D eigenvalue weighted by Crippen LogP contribution is 2.29. The maximum atomic E-state index is 12.6. The van der Waals surface area contributed by atoms with Crippen molar-refractivity contribution in [3.05, 3.63) is 47.3 Å². The number of hydrogen-bond donors (Lipinski definition) is 1. The summed E-state index contributed by atoms with van der Waals surface area (Å²) in [5.41, 5.74) is 1.59. The summed E-state index contributed by atoms with van der Waals surface area (Å²) in [5, 5.41) is 7.23. The minimum Gasteiger partial charge on any atom is -0.378 e. The Labute approximate surface area is 109 Å². The molecule has 0 aliphatic carbocycles. The summed E-state index contributed by atoms with van der Waals surface area (Å²) >= 11 is 0. The van der Waals surface area contributed by atoms with Crippen LogP contribution in [-0.4, -0.2) is 9.78 Å². The van der Waals surface area contributed by atoms with E-state index >= 15 is 0 Å². The molecule has 0 amide bonds. The number of halogens is 3. The maximum absolute atomic E-state index is 12.6. The Morgan fingerprint density at radius 3 is 2.63 bits per heavy atom. The van der Waals surface area contributed by atoms with Crippen LogP contribution in [0.2, 0.25) is 0 Å². The molecule has 0 bridgehead atoms. The highest BCUT2D eigenvalue weighted by Gasteiger charge is 2.30. The highest BCUT2D eigenvalue weighted by atomic mass is 19.4. The molecule has 1 aromatic carbocycles. The summed E-state index contributed by atoms with van der Waals surface area (Å²) in [4.78, 5) is 0. The summed E-state index contributed by atoms with van der Waals surface area (Å²) in [5.74, 6) is 0. The zero-order valence-corrected chi connectivity index (χ0v) is 10.6. The number of aromatic nitrogens is 2. The average molecular weight is 269 g/mol. The molecule has 2 aromatic rings. The average Bonchev–Trinajstić information content (AvgIpc) is 2.64. The van der Waals surface area contributed by atoms with E-state index in [1.807, 2.05) is 6.92 Å². The van der Waals surface area contributed by atoms with Crippen LogP contribution in [0.25, 0.3) is 0 Å². The first-order valence-corrected chi connectivity index (χ1v) is 5.76. The van der Waals surface area contributed by atoms with Gasteiger partial charge < -0.3 is 5.32 Å². The molecule has 1 N–H and O–H groups in total. The SMILES string of the molecule is Cc1nn(C)cc1NCc1cccc(C(F)(F)F)c1. The van der Waals surface area contributed by atoms with Crippen molar-refractivity contribution in [3.63, 3.8) is 0 Å². The molecule has 0 fully saturated rings. The van der Waals surface area contributed by atoms with E-state index in [1.54, 1.807) is 24.0 Å². The van der Waals surface area contributed by atoms with Gasteiger partial charge in [-0.1, -0.05) is 12.1 Å². The van der Waals surface area contributed by atoms with Crippen molar-refractivity contribution < 1.29 is 13.2 Å². The van der Waals surface area contributed by atoms with Crippen molar-refractivity contribution in [1.29, 1.82) is 0 Å². The van der Waals surface area contributed by atoms with E-state index in [0.29, 0.717) is 12.1 Å². The van der Waals surface area contributed by atoms with Gasteiger partial charge in [0.1, 0.15) is 0 Å². The van der Waals surface area contributed by atoms with Crippen molar-refractivity contribution in [2.24, 2.45) is 7.05 Å². The number of rotatable bonds is 3. The zero-order valence-electron chi connectivity index (χ0n) is 10.6. The monoisotopic (exact) mass is 269 g/mol. The third-order valence-corrected chi connectivity index (χ3v) is 2.75. The van der Waals surface area contributed by atoms with Crippen LogP contribution in [0.5, 0.6) is 0 Å². The summed E-state index contributed by atoms with van der Waals surface area (Å²) in [7, 11) is 1.79. The van der Waals surface area contributed by atoms with Crippen LogP contribution in [0.15, 0.2) is 30.5 Å². The maximum Gasteiger partial charge on any atom is 0.416 e. The number of alkyl halides is 3. The van der Waals surface area contributed by atoms with Crippen molar-refractivity contribution >= 4 is 5.69 Å². The van der Waals surface area contributed by atoms with E-state index in [2.05, 4.69) is 10.4 Å². The summed E-state index contributed by atoms with van der Waals surface area (Å²) in [6.45, 7) is 2.17. The Morgan fingerprint density at radius 1 is 1.32 bits per heavy atom. The van der Waals surface area contributed by atoms with Gasteiger partial charge in [-0.15, -0.1) is 0 Å². The molecule has 0 aliphatic rings. The molecule has 0 saturated carbocycles. The molecule has 2 rings (SSSR count). The third-order valence-electron chi connectivity index (χ3n) is 2.75. The Kier molecular flexibility index (Phi) is 3.50. The van der Waals surface area contributed by atoms with Crippen LogP contribution in [-0.2, 0) is 19.8 Å². The molecule has 6 heteroatoms. The number of anilines is 1. The van der Waals surface area contributed by atoms with Gasteiger partial charge in [0.05, 0.1) is 16.9 Å². The first-order chi connectivity index (χ1) is 8.86. The predicted molar refractivity (Wildman–Crippen MR) is 66.7 cm³/mol. The second-order valence-electron chi connectivity index (χ2n) is 4.35. The largest absolute Gasteiger partial charge is 0.416 e. The minimum atomic E-state index is -4.31. The van der Waals surface area contributed by atoms with Crippen LogP contribution < -0.4 is 5.32 Å². The van der Waals surface area contributed by atoms with Crippen LogP contribution in [0, 0.1) is 6.92 Å². The Hall–Kier alpha value is -1.98. The normalized spacial score (nSPS) is 11.6. The minimum absolute atomic E-state index is 0.330. The molecular formula is C13H14F3N3. The lowest BCUT2D eigenvalue weighted by Crippen LogP contribution is -2.07. The quantitative estimate of drug-likeness (QED) is 0.926. The van der Waals surface area contributed by atoms with E-state index < -0.39 is 11.7 Å². The van der Waals surface area contributed by atoms with Gasteiger partial charge in [-0.25, -0.2) is 0 Å². The van der Waals surface area contributed by atoms with E-state index in [0.717, 1.165) is 23.5 Å². The molecule has 0 spiro atoms. The summed E-state index contributed by atoms with van der Waals surface area (Å²) in [6, 6.07) is 5.29. The van der Waals surface area contributed by atoms with E-state index in [-0.39, 0.29) is 0 Å². The second kappa shape index (κ2) is 4.95. The Balaban J connectivity index is 2.10. The van der Waals surface area contributed by atoms with Crippen molar-refractivity contribution in [3.8, 4) is 0 Å². The lowest BCUT2D eigenvalue weighted by atomic mass is 10.1. The van der Waals surface area contributed by atoms with E-state index in [1.165, 1.54) is 6.07 Å². The first kappa shape index (κ1) is 13.5. The molecular weight excluding hydrogens is 255 g/mol. The molecule has 0 radical (unpaired) electrons. The Morgan fingerprint density at radius 2 is 2.05 bits per heavy atom. The van der Waals surface area contributed by atoms with Crippen LogP contribution in [0.4, 0.5) is 18.9 Å². The molecule has 1 heterocycles. The summed E-state index contributed by atoms with van der Waals surface area (Å²) in [6.07, 6.45) is -2.51. The van der Waals surface area contributed by atoms with Gasteiger partial charge in [0, 0.05) is 19.8 Å². The fourth-order valence-electron chi connectivity index (χ4n) is 1.83. The van der Waals surface area contributed by atoms with Crippen LogP contribution >= 0.6 is 0 Å². The number of benzene rings is 1. The van der Waals surface area contributed by atoms with Crippen molar-refractivity contribution in [1.82, 2.24) is 9.78 Å². The van der Waals surface area contributed by atoms with Gasteiger partial charge in [0.2, 0.25) is 0 Å². The topological polar surface area (TPSA) is 29.9 Å². The van der Waals surface area contributed by atoms with E-state index in [4.69, 9.17) is 0 Å². The fourth-order valence-corrected chi connectivity index (χ4v) is 1.83. The van der Waals surface area contributed by atoms with Crippen molar-refractivity contribution in [2.75, 3.05) is 5.32 Å². The lowest BCUT2D eigenvalue weighted by molar-refractivity contribution is -0.137. The van der Waals surface area contributed by atoms with Gasteiger partial charge in [-0.3, -0.25) is 4.68 Å². The molecule has 3 nitrogen and oxygen atoms in total. The van der Waals surface area contributed by atoms with Gasteiger partial charge in [0.15, 0.2) is 0 Å². The number of nitrogens with zero attached hydrogens (tertiary/aromatic N) is 2. The molecule has 1 aromatic heterocycles. The molecule has 0 aliphatic heterocycles. The van der Waals surface area contributed by atoms with E-state index in [9.17, 15) is 13.2 Å². The lowest BCUT2D eigenvalue weighted by Gasteiger charge is -2.09. The van der Waals surface area contributed by atoms with Gasteiger partial charge in [0.25, 0.3) is 0 Å². The molecule has 102 valence electrons. The third kappa shape index (κ3) is 3.27. The van der Waals surface area contributed by atoms with Crippen LogP contribution in [0.3, 0.4) is 0 Å². The molecule has 19 heavy (non-hydrogen) atoms. The Bertz CT molecular complexity index is 573. The van der Waals surface area contributed by atoms with Gasteiger partial charge >= 0.3 is 6.18 Å². The number of aryl methyl sites for hydroxylation is 2. The molecule has 0 saturated heterocycles. The summed E-state index contributed by atoms with van der Waals surface area (Å²) < 4.78 is 39.4. The van der Waals surface area contributed by atoms with Crippen LogP contribution in [0.1, 0.15) is 16.8 Å². The number of hydrogen-bond acceptors (Lipinski definition) is 2. The van der Waals surface area contributed by atoms with Gasteiger partial charge in [-0.2, -0.15) is 18.3 Å². The first-order valence-electron chi connectivity index (χ1n) is 5.76. The highest BCUT2D eigenvalue weighted by molar-refractivity contribution is 5.46.